The fourth-order valence-electron chi connectivity index (χ4n) is 8.71. The zero-order chi connectivity index (χ0) is 35.9. The van der Waals surface area contributed by atoms with E-state index in [-0.39, 0.29) is 0 Å². The van der Waals surface area contributed by atoms with Crippen LogP contribution in [-0.2, 0) is 5.41 Å². The lowest BCUT2D eigenvalue weighted by Gasteiger charge is -2.34. The highest BCUT2D eigenvalue weighted by Crippen LogP contribution is 2.58. The molecule has 254 valence electrons. The molecular weight excluding hydrogens is 651 g/mol. The van der Waals surface area contributed by atoms with Crippen molar-refractivity contribution in [1.29, 1.82) is 0 Å². The smallest absolute Gasteiger partial charge is 0.0713 e. The molecule has 54 heavy (non-hydrogen) atoms. The molecule has 10 rings (SSSR count). The monoisotopic (exact) mass is 687 g/mol. The fraction of sp³-hybridized carbons (Fsp3) is 0.0189. The van der Waals surface area contributed by atoms with Gasteiger partial charge in [0.1, 0.15) is 0 Å². The molecule has 1 heteroatoms. The van der Waals surface area contributed by atoms with Crippen LogP contribution in [0.3, 0.4) is 0 Å². The third-order valence-corrected chi connectivity index (χ3v) is 11.1. The van der Waals surface area contributed by atoms with Crippen LogP contribution in [0.4, 0.5) is 17.1 Å². The van der Waals surface area contributed by atoms with E-state index >= 15 is 0 Å². The zero-order valence-electron chi connectivity index (χ0n) is 29.8. The summed E-state index contributed by atoms with van der Waals surface area (Å²) in [6.07, 6.45) is 0. The van der Waals surface area contributed by atoms with Gasteiger partial charge in [-0.2, -0.15) is 0 Å². The summed E-state index contributed by atoms with van der Waals surface area (Å²) in [6, 6.07) is 81.8. The molecule has 0 saturated heterocycles. The first-order valence-corrected chi connectivity index (χ1v) is 18.7. The van der Waals surface area contributed by atoms with Crippen LogP contribution in [0.1, 0.15) is 22.3 Å². The largest absolute Gasteiger partial charge is 0.310 e. The van der Waals surface area contributed by atoms with Crippen LogP contribution in [-0.4, -0.2) is 0 Å². The molecule has 0 spiro atoms. The molecule has 0 aromatic heterocycles. The fourth-order valence-corrected chi connectivity index (χ4v) is 8.71. The van der Waals surface area contributed by atoms with E-state index in [1.807, 2.05) is 0 Å². The molecule has 0 N–H and O–H groups in total. The summed E-state index contributed by atoms with van der Waals surface area (Å²) in [7, 11) is 0. The summed E-state index contributed by atoms with van der Waals surface area (Å²) in [6.45, 7) is 0. The van der Waals surface area contributed by atoms with Gasteiger partial charge in [-0.05, 0) is 103 Å². The molecule has 0 atom stereocenters. The van der Waals surface area contributed by atoms with E-state index in [4.69, 9.17) is 0 Å². The van der Waals surface area contributed by atoms with E-state index in [9.17, 15) is 0 Å². The van der Waals surface area contributed by atoms with Crippen molar-refractivity contribution in [3.63, 3.8) is 0 Å². The highest BCUT2D eigenvalue weighted by molar-refractivity contribution is 6.05. The molecule has 1 nitrogen and oxygen atoms in total. The highest BCUT2D eigenvalue weighted by atomic mass is 15.1. The summed E-state index contributed by atoms with van der Waals surface area (Å²) in [4.78, 5) is 2.38. The third-order valence-electron chi connectivity index (χ3n) is 11.1. The lowest BCUT2D eigenvalue weighted by molar-refractivity contribution is 0.769. The second-order valence-corrected chi connectivity index (χ2v) is 14.1. The molecule has 1 aliphatic carbocycles. The van der Waals surface area contributed by atoms with Crippen molar-refractivity contribution < 1.29 is 0 Å². The van der Waals surface area contributed by atoms with E-state index < -0.39 is 5.41 Å². The van der Waals surface area contributed by atoms with E-state index in [0.717, 1.165) is 17.1 Å². The number of nitrogens with zero attached hydrogens (tertiary/aromatic N) is 1. The Morgan fingerprint density at radius 2 is 0.759 bits per heavy atom. The second-order valence-electron chi connectivity index (χ2n) is 14.1. The van der Waals surface area contributed by atoms with Gasteiger partial charge in [0.2, 0.25) is 0 Å². The molecule has 1 aliphatic rings. The summed E-state index contributed by atoms with van der Waals surface area (Å²) in [5.74, 6) is 0. The van der Waals surface area contributed by atoms with Crippen molar-refractivity contribution in [2.24, 2.45) is 0 Å². The first kappa shape index (κ1) is 31.7. The van der Waals surface area contributed by atoms with Crippen LogP contribution in [0.25, 0.3) is 44.2 Å². The van der Waals surface area contributed by atoms with Crippen LogP contribution in [0.15, 0.2) is 224 Å². The van der Waals surface area contributed by atoms with Crippen molar-refractivity contribution in [2.45, 2.75) is 5.41 Å². The number of fused-ring (bicyclic) bond motifs is 5. The van der Waals surface area contributed by atoms with Gasteiger partial charge in [0.05, 0.1) is 5.41 Å². The van der Waals surface area contributed by atoms with Crippen LogP contribution in [0.5, 0.6) is 0 Å². The number of anilines is 3. The minimum Gasteiger partial charge on any atom is -0.310 e. The first-order valence-electron chi connectivity index (χ1n) is 18.7. The zero-order valence-corrected chi connectivity index (χ0v) is 29.8. The molecule has 9 aromatic rings. The summed E-state index contributed by atoms with van der Waals surface area (Å²) >= 11 is 0. The van der Waals surface area contributed by atoms with Crippen molar-refractivity contribution in [2.75, 3.05) is 4.90 Å². The Morgan fingerprint density at radius 1 is 0.315 bits per heavy atom. The van der Waals surface area contributed by atoms with Crippen molar-refractivity contribution in [1.82, 2.24) is 0 Å². The van der Waals surface area contributed by atoms with Gasteiger partial charge in [-0.25, -0.2) is 0 Å². The number of benzene rings is 9. The summed E-state index contributed by atoms with van der Waals surface area (Å²) in [5.41, 5.74) is 15.6. The Labute approximate surface area is 317 Å². The molecule has 0 bridgehead atoms. The Morgan fingerprint density at radius 3 is 1.30 bits per heavy atom. The van der Waals surface area contributed by atoms with Gasteiger partial charge in [-0.1, -0.05) is 188 Å². The normalized spacial score (nSPS) is 12.6. The highest BCUT2D eigenvalue weighted by Gasteiger charge is 2.46. The van der Waals surface area contributed by atoms with Crippen LogP contribution in [0, 0.1) is 0 Å². The predicted octanol–water partition coefficient (Wildman–Crippen LogP) is 14.0. The number of hydrogen-bond donors (Lipinski definition) is 0. The maximum atomic E-state index is 2.38. The molecular formula is C53H37N. The van der Waals surface area contributed by atoms with Gasteiger partial charge in [0.25, 0.3) is 0 Å². The Kier molecular flexibility index (Phi) is 7.78. The van der Waals surface area contributed by atoms with Gasteiger partial charge >= 0.3 is 0 Å². The Bertz CT molecular complexity index is 2600. The van der Waals surface area contributed by atoms with Gasteiger partial charge in [-0.15, -0.1) is 0 Å². The summed E-state index contributed by atoms with van der Waals surface area (Å²) < 4.78 is 0. The second kappa shape index (κ2) is 13.2. The van der Waals surface area contributed by atoms with E-state index in [2.05, 4.69) is 229 Å². The lowest BCUT2D eigenvalue weighted by Crippen LogP contribution is -2.28. The predicted molar refractivity (Wildman–Crippen MR) is 227 cm³/mol. The van der Waals surface area contributed by atoms with Crippen LogP contribution in [0.2, 0.25) is 0 Å². The van der Waals surface area contributed by atoms with Gasteiger partial charge in [-0.3, -0.25) is 0 Å². The van der Waals surface area contributed by atoms with Gasteiger partial charge in [0.15, 0.2) is 0 Å². The molecule has 0 aliphatic heterocycles. The quantitative estimate of drug-likeness (QED) is 0.161. The molecule has 0 radical (unpaired) electrons. The van der Waals surface area contributed by atoms with Crippen LogP contribution < -0.4 is 4.90 Å². The Balaban J connectivity index is 1.15. The van der Waals surface area contributed by atoms with Crippen molar-refractivity contribution >= 4 is 27.8 Å². The van der Waals surface area contributed by atoms with Crippen molar-refractivity contribution in [3.05, 3.63) is 247 Å². The minimum atomic E-state index is -0.422. The molecule has 0 amide bonds. The topological polar surface area (TPSA) is 3.24 Å². The maximum Gasteiger partial charge on any atom is 0.0713 e. The van der Waals surface area contributed by atoms with E-state index in [0.29, 0.717) is 0 Å². The minimum absolute atomic E-state index is 0.422. The number of rotatable bonds is 7. The molecule has 9 aromatic carbocycles. The standard InChI is InChI=1S/C53H37N/c1-5-15-38(16-6-1)40-25-30-45(31-26-40)54(46-32-27-41(28-33-46)39-17-7-2-8-18-39)47-34-35-48-42(37-47)29-36-51-52(48)49-23-13-14-24-50(49)53(51,43-19-9-3-10-20-43)44-21-11-4-12-22-44/h1-37H. The molecule has 0 heterocycles. The summed E-state index contributed by atoms with van der Waals surface area (Å²) in [5, 5.41) is 2.47. The van der Waals surface area contributed by atoms with Gasteiger partial charge < -0.3 is 4.90 Å². The average Bonchev–Trinajstić information content (AvgIpc) is 3.57. The van der Waals surface area contributed by atoms with E-state index in [1.54, 1.807) is 0 Å². The molecule has 0 saturated carbocycles. The average molecular weight is 688 g/mol. The molecule has 0 unspecified atom stereocenters. The maximum absolute atomic E-state index is 2.38. The SMILES string of the molecule is c1ccc(-c2ccc(N(c3ccc(-c4ccccc4)cc3)c3ccc4c5c(ccc4c3)C(c3ccccc3)(c3ccccc3)c3ccccc3-5)cc2)cc1. The van der Waals surface area contributed by atoms with E-state index in [1.165, 1.54) is 66.4 Å². The van der Waals surface area contributed by atoms with Gasteiger partial charge in [0, 0.05) is 17.1 Å². The molecule has 0 fully saturated rings. The van der Waals surface area contributed by atoms with Crippen LogP contribution >= 0.6 is 0 Å². The lowest BCUT2D eigenvalue weighted by atomic mass is 9.67. The third kappa shape index (κ3) is 5.17. The number of hydrogen-bond acceptors (Lipinski definition) is 1. The van der Waals surface area contributed by atoms with Crippen molar-refractivity contribution in [3.8, 4) is 33.4 Å². The Hall–Kier alpha value is -6.96. The first-order chi connectivity index (χ1) is 26.8.